The summed E-state index contributed by atoms with van der Waals surface area (Å²) in [5, 5.41) is 2.53. The molecule has 0 aliphatic carbocycles. The molecule has 0 atom stereocenters. The van der Waals surface area contributed by atoms with Gasteiger partial charge in [-0.25, -0.2) is 4.39 Å². The van der Waals surface area contributed by atoms with E-state index in [1.54, 1.807) is 17.3 Å². The molecule has 2 aromatic rings. The molecule has 0 saturated heterocycles. The van der Waals surface area contributed by atoms with Gasteiger partial charge >= 0.3 is 0 Å². The van der Waals surface area contributed by atoms with Gasteiger partial charge in [-0.05, 0) is 43.7 Å². The second kappa shape index (κ2) is 8.19. The molecule has 0 bridgehead atoms. The first-order valence-electron chi connectivity index (χ1n) is 7.69. The predicted octanol–water partition coefficient (Wildman–Crippen LogP) is 2.39. The van der Waals surface area contributed by atoms with Crippen LogP contribution in [-0.4, -0.2) is 34.3 Å². The van der Waals surface area contributed by atoms with E-state index in [2.05, 4.69) is 10.3 Å². The van der Waals surface area contributed by atoms with Crippen LogP contribution in [0.25, 0.3) is 0 Å². The number of hydrogen-bond donors (Lipinski definition) is 1. The maximum absolute atomic E-state index is 13.1. The molecule has 0 aliphatic rings. The fraction of sp³-hybridized carbons (Fsp3) is 0.278. The van der Waals surface area contributed by atoms with Crippen LogP contribution in [0.4, 0.5) is 4.39 Å². The number of pyridine rings is 1. The highest BCUT2D eigenvalue weighted by molar-refractivity contribution is 5.96. The summed E-state index contributed by atoms with van der Waals surface area (Å²) < 4.78 is 13.1. The molecule has 126 valence electrons. The zero-order valence-electron chi connectivity index (χ0n) is 13.7. The van der Waals surface area contributed by atoms with E-state index >= 15 is 0 Å². The Balaban J connectivity index is 1.97. The number of aromatic nitrogens is 1. The number of benzene rings is 1. The molecule has 1 aromatic carbocycles. The van der Waals surface area contributed by atoms with Crippen LogP contribution in [0, 0.1) is 5.82 Å². The van der Waals surface area contributed by atoms with Gasteiger partial charge in [-0.1, -0.05) is 12.1 Å². The average Bonchev–Trinajstić information content (AvgIpc) is 2.58. The predicted molar refractivity (Wildman–Crippen MR) is 88.7 cm³/mol. The molecule has 24 heavy (non-hydrogen) atoms. The monoisotopic (exact) mass is 329 g/mol. The van der Waals surface area contributed by atoms with Crippen LogP contribution in [0.2, 0.25) is 0 Å². The Morgan fingerprint density at radius 2 is 2.04 bits per heavy atom. The van der Waals surface area contributed by atoms with Crippen molar-refractivity contribution in [3.05, 3.63) is 65.7 Å². The lowest BCUT2D eigenvalue weighted by Crippen LogP contribution is -2.43. The highest BCUT2D eigenvalue weighted by Gasteiger charge is 2.18. The van der Waals surface area contributed by atoms with Crippen LogP contribution in [0.3, 0.4) is 0 Å². The molecule has 2 rings (SSSR count). The van der Waals surface area contributed by atoms with Gasteiger partial charge < -0.3 is 10.2 Å². The molecule has 0 spiro atoms. The fourth-order valence-corrected chi connectivity index (χ4v) is 2.24. The lowest BCUT2D eigenvalue weighted by Gasteiger charge is -2.27. The van der Waals surface area contributed by atoms with Gasteiger partial charge in [0.25, 0.3) is 5.91 Å². The fourth-order valence-electron chi connectivity index (χ4n) is 2.24. The summed E-state index contributed by atoms with van der Waals surface area (Å²) in [6, 6.07) is 9.02. The first-order valence-corrected chi connectivity index (χ1v) is 7.69. The van der Waals surface area contributed by atoms with Crippen LogP contribution in [0.5, 0.6) is 0 Å². The standard InChI is InChI=1S/C18H20FN3O2/c1-13(2)22(12-14-5-4-8-20-10-14)17(23)11-21-18(24)15-6-3-7-16(19)9-15/h3-10,13H,11-12H2,1-2H3,(H,21,24). The summed E-state index contributed by atoms with van der Waals surface area (Å²) >= 11 is 0. The van der Waals surface area contributed by atoms with E-state index in [-0.39, 0.29) is 24.1 Å². The number of nitrogens with zero attached hydrogens (tertiary/aromatic N) is 2. The molecule has 6 heteroatoms. The molecule has 1 heterocycles. The molecule has 5 nitrogen and oxygen atoms in total. The van der Waals surface area contributed by atoms with Crippen molar-refractivity contribution in [3.63, 3.8) is 0 Å². The third-order valence-electron chi connectivity index (χ3n) is 3.51. The minimum Gasteiger partial charge on any atom is -0.343 e. The summed E-state index contributed by atoms with van der Waals surface area (Å²) in [5.41, 5.74) is 1.10. The van der Waals surface area contributed by atoms with Crippen molar-refractivity contribution < 1.29 is 14.0 Å². The summed E-state index contributed by atoms with van der Waals surface area (Å²) in [6.45, 7) is 4.08. The lowest BCUT2D eigenvalue weighted by molar-refractivity contribution is -0.132. The third-order valence-corrected chi connectivity index (χ3v) is 3.51. The van der Waals surface area contributed by atoms with Gasteiger partial charge in [0.2, 0.25) is 5.91 Å². The number of halogens is 1. The van der Waals surface area contributed by atoms with Crippen LogP contribution < -0.4 is 5.32 Å². The molecule has 0 aliphatic heterocycles. The number of hydrogen-bond acceptors (Lipinski definition) is 3. The number of carbonyl (C=O) groups is 2. The van der Waals surface area contributed by atoms with Gasteiger partial charge in [0.15, 0.2) is 0 Å². The van der Waals surface area contributed by atoms with Gasteiger partial charge in [0.05, 0.1) is 6.54 Å². The van der Waals surface area contributed by atoms with E-state index in [4.69, 9.17) is 0 Å². The van der Waals surface area contributed by atoms with Gasteiger partial charge in [0.1, 0.15) is 5.82 Å². The van der Waals surface area contributed by atoms with E-state index in [1.165, 1.54) is 18.2 Å². The lowest BCUT2D eigenvalue weighted by atomic mass is 10.2. The highest BCUT2D eigenvalue weighted by Crippen LogP contribution is 2.08. The van der Waals surface area contributed by atoms with Crippen LogP contribution in [0.15, 0.2) is 48.8 Å². The molecule has 0 fully saturated rings. The van der Waals surface area contributed by atoms with Crippen molar-refractivity contribution in [1.29, 1.82) is 0 Å². The van der Waals surface area contributed by atoms with Gasteiger partial charge in [-0.15, -0.1) is 0 Å². The average molecular weight is 329 g/mol. The zero-order chi connectivity index (χ0) is 17.5. The molecular formula is C18H20FN3O2. The summed E-state index contributed by atoms with van der Waals surface area (Å²) in [5.74, 6) is -1.18. The summed E-state index contributed by atoms with van der Waals surface area (Å²) in [7, 11) is 0. The number of amides is 2. The summed E-state index contributed by atoms with van der Waals surface area (Å²) in [6.07, 6.45) is 3.37. The third kappa shape index (κ3) is 4.87. The molecule has 0 radical (unpaired) electrons. The second-order valence-corrected chi connectivity index (χ2v) is 5.67. The highest BCUT2D eigenvalue weighted by atomic mass is 19.1. The Bertz CT molecular complexity index is 704. The Kier molecular flexibility index (Phi) is 6.01. The first kappa shape index (κ1) is 17.6. The topological polar surface area (TPSA) is 62.3 Å². The number of nitrogens with one attached hydrogen (secondary N) is 1. The molecule has 2 amide bonds. The largest absolute Gasteiger partial charge is 0.343 e. The van der Waals surface area contributed by atoms with Crippen molar-refractivity contribution >= 4 is 11.8 Å². The Morgan fingerprint density at radius 1 is 1.25 bits per heavy atom. The van der Waals surface area contributed by atoms with E-state index in [0.29, 0.717) is 6.54 Å². The van der Waals surface area contributed by atoms with Crippen molar-refractivity contribution in [1.82, 2.24) is 15.2 Å². The second-order valence-electron chi connectivity index (χ2n) is 5.67. The maximum atomic E-state index is 13.1. The van der Waals surface area contributed by atoms with E-state index in [0.717, 1.165) is 11.6 Å². The Hall–Kier alpha value is -2.76. The summed E-state index contributed by atoms with van der Waals surface area (Å²) in [4.78, 5) is 30.1. The van der Waals surface area contributed by atoms with Crippen molar-refractivity contribution in [2.45, 2.75) is 26.4 Å². The van der Waals surface area contributed by atoms with Gasteiger partial charge in [0, 0.05) is 30.5 Å². The zero-order valence-corrected chi connectivity index (χ0v) is 13.7. The Morgan fingerprint density at radius 3 is 2.67 bits per heavy atom. The van der Waals surface area contributed by atoms with Crippen LogP contribution >= 0.6 is 0 Å². The van der Waals surface area contributed by atoms with Crippen molar-refractivity contribution in [2.24, 2.45) is 0 Å². The SMILES string of the molecule is CC(C)N(Cc1cccnc1)C(=O)CNC(=O)c1cccc(F)c1. The van der Waals surface area contributed by atoms with E-state index in [1.807, 2.05) is 26.0 Å². The molecular weight excluding hydrogens is 309 g/mol. The van der Waals surface area contributed by atoms with Crippen LogP contribution in [-0.2, 0) is 11.3 Å². The van der Waals surface area contributed by atoms with E-state index < -0.39 is 11.7 Å². The smallest absolute Gasteiger partial charge is 0.251 e. The van der Waals surface area contributed by atoms with Gasteiger partial charge in [-0.2, -0.15) is 0 Å². The van der Waals surface area contributed by atoms with Gasteiger partial charge in [-0.3, -0.25) is 14.6 Å². The molecule has 0 unspecified atom stereocenters. The Labute approximate surface area is 140 Å². The first-order chi connectivity index (χ1) is 11.5. The molecule has 1 N–H and O–H groups in total. The minimum atomic E-state index is -0.491. The maximum Gasteiger partial charge on any atom is 0.251 e. The number of carbonyl (C=O) groups excluding carboxylic acids is 2. The van der Waals surface area contributed by atoms with E-state index in [9.17, 15) is 14.0 Å². The molecule has 0 saturated carbocycles. The van der Waals surface area contributed by atoms with Crippen molar-refractivity contribution in [3.8, 4) is 0 Å². The normalized spacial score (nSPS) is 10.5. The van der Waals surface area contributed by atoms with Crippen LogP contribution in [0.1, 0.15) is 29.8 Å². The number of rotatable bonds is 6. The minimum absolute atomic E-state index is 0.0243. The molecule has 1 aromatic heterocycles. The quantitative estimate of drug-likeness (QED) is 0.885. The van der Waals surface area contributed by atoms with Crippen molar-refractivity contribution in [2.75, 3.05) is 6.54 Å².